The summed E-state index contributed by atoms with van der Waals surface area (Å²) in [5.41, 5.74) is 7.19. The molecule has 0 radical (unpaired) electrons. The monoisotopic (exact) mass is 332 g/mol. The van der Waals surface area contributed by atoms with E-state index in [0.29, 0.717) is 27.4 Å². The average Bonchev–Trinajstić information content (AvgIpc) is 2.62. The Labute approximate surface area is 144 Å². The first kappa shape index (κ1) is 16.4. The highest BCUT2D eigenvalue weighted by Gasteiger charge is 2.22. The zero-order chi connectivity index (χ0) is 17.8. The van der Waals surface area contributed by atoms with Crippen molar-refractivity contribution in [3.05, 3.63) is 54.1 Å². The molecule has 0 fully saturated rings. The Morgan fingerprint density at radius 1 is 1.08 bits per heavy atom. The summed E-state index contributed by atoms with van der Waals surface area (Å²) in [5, 5.41) is 12.8. The quantitative estimate of drug-likeness (QED) is 0.698. The van der Waals surface area contributed by atoms with Crippen LogP contribution in [0.4, 0.5) is 0 Å². The number of nitrogens with one attached hydrogen (secondary N) is 1. The molecule has 1 atom stereocenters. The molecule has 25 heavy (non-hydrogen) atoms. The number of nitrogens with two attached hydrogens (primary N) is 1. The molecular weight excluding hydrogens is 316 g/mol. The van der Waals surface area contributed by atoms with Gasteiger partial charge >= 0.3 is 0 Å². The fraction of sp³-hybridized carbons (Fsp3) is 0.158. The van der Waals surface area contributed by atoms with Crippen LogP contribution >= 0.6 is 0 Å². The molecule has 0 aliphatic heterocycles. The van der Waals surface area contributed by atoms with Crippen molar-refractivity contribution in [2.75, 3.05) is 0 Å². The lowest BCUT2D eigenvalue weighted by Gasteiger charge is -2.16. The van der Waals surface area contributed by atoms with Crippen molar-refractivity contribution in [2.24, 2.45) is 5.73 Å². The van der Waals surface area contributed by atoms with Crippen LogP contribution in [0.5, 0.6) is 0 Å². The van der Waals surface area contributed by atoms with E-state index < -0.39 is 17.9 Å². The first-order valence-corrected chi connectivity index (χ1v) is 7.86. The molecule has 6 nitrogen and oxygen atoms in total. The van der Waals surface area contributed by atoms with E-state index in [1.54, 1.807) is 0 Å². The first-order chi connectivity index (χ1) is 12.1. The van der Waals surface area contributed by atoms with Gasteiger partial charge in [0.2, 0.25) is 5.91 Å². The van der Waals surface area contributed by atoms with Crippen LogP contribution in [-0.4, -0.2) is 22.8 Å². The number of fused-ring (bicyclic) bond motifs is 2. The average molecular weight is 332 g/mol. The van der Waals surface area contributed by atoms with Crippen molar-refractivity contribution in [3.63, 3.8) is 0 Å². The second-order valence-corrected chi connectivity index (χ2v) is 5.65. The molecule has 3 aromatic rings. The third-order valence-electron chi connectivity index (χ3n) is 4.01. The number of hydrogen-bond acceptors (Lipinski definition) is 4. The SMILES string of the molecule is N#CCC[C@@H](NC(=O)c1c2ccccc2nc2ccccc12)C(N)=O. The number of nitriles is 1. The number of pyridine rings is 1. The maximum atomic E-state index is 12.9. The Morgan fingerprint density at radius 3 is 2.16 bits per heavy atom. The number of carbonyl (C=O) groups is 2. The van der Waals surface area contributed by atoms with E-state index in [9.17, 15) is 9.59 Å². The predicted molar refractivity (Wildman–Crippen MR) is 94.5 cm³/mol. The van der Waals surface area contributed by atoms with Gasteiger partial charge in [-0.25, -0.2) is 4.98 Å². The highest BCUT2D eigenvalue weighted by molar-refractivity contribution is 6.16. The lowest BCUT2D eigenvalue weighted by atomic mass is 10.0. The van der Waals surface area contributed by atoms with Gasteiger partial charge < -0.3 is 11.1 Å². The van der Waals surface area contributed by atoms with Gasteiger partial charge in [-0.05, 0) is 18.6 Å². The molecule has 0 spiro atoms. The van der Waals surface area contributed by atoms with Crippen LogP contribution < -0.4 is 11.1 Å². The van der Waals surface area contributed by atoms with E-state index >= 15 is 0 Å². The number of amides is 2. The highest BCUT2D eigenvalue weighted by atomic mass is 16.2. The summed E-state index contributed by atoms with van der Waals surface area (Å²) >= 11 is 0. The molecule has 0 unspecified atom stereocenters. The third-order valence-corrected chi connectivity index (χ3v) is 4.01. The summed E-state index contributed by atoms with van der Waals surface area (Å²) in [6, 6.07) is 15.7. The van der Waals surface area contributed by atoms with Gasteiger partial charge in [-0.2, -0.15) is 5.26 Å². The van der Waals surface area contributed by atoms with Crippen molar-refractivity contribution < 1.29 is 9.59 Å². The van der Waals surface area contributed by atoms with Gasteiger partial charge in [0.05, 0.1) is 22.7 Å². The number of para-hydroxylation sites is 2. The smallest absolute Gasteiger partial charge is 0.253 e. The van der Waals surface area contributed by atoms with Crippen LogP contribution in [0.1, 0.15) is 23.2 Å². The molecule has 1 heterocycles. The molecule has 2 aromatic carbocycles. The van der Waals surface area contributed by atoms with Crippen molar-refractivity contribution in [1.82, 2.24) is 10.3 Å². The van der Waals surface area contributed by atoms with Gasteiger partial charge in [0, 0.05) is 17.2 Å². The molecule has 3 rings (SSSR count). The fourth-order valence-electron chi connectivity index (χ4n) is 2.81. The van der Waals surface area contributed by atoms with Crippen molar-refractivity contribution in [3.8, 4) is 6.07 Å². The summed E-state index contributed by atoms with van der Waals surface area (Å²) in [6.45, 7) is 0. The van der Waals surface area contributed by atoms with Gasteiger partial charge in [-0.3, -0.25) is 9.59 Å². The minimum absolute atomic E-state index is 0.131. The summed E-state index contributed by atoms with van der Waals surface area (Å²) in [7, 11) is 0. The van der Waals surface area contributed by atoms with Gasteiger partial charge in [-0.15, -0.1) is 0 Å². The second-order valence-electron chi connectivity index (χ2n) is 5.65. The summed E-state index contributed by atoms with van der Waals surface area (Å²) in [6.07, 6.45) is 0.310. The minimum Gasteiger partial charge on any atom is -0.368 e. The van der Waals surface area contributed by atoms with Crippen LogP contribution in [0.15, 0.2) is 48.5 Å². The maximum Gasteiger partial charge on any atom is 0.253 e. The lowest BCUT2D eigenvalue weighted by Crippen LogP contribution is -2.44. The number of benzene rings is 2. The topological polar surface area (TPSA) is 109 Å². The van der Waals surface area contributed by atoms with E-state index in [2.05, 4.69) is 10.3 Å². The Hall–Kier alpha value is -3.46. The molecule has 0 bridgehead atoms. The summed E-state index contributed by atoms with van der Waals surface area (Å²) in [5.74, 6) is -1.07. The summed E-state index contributed by atoms with van der Waals surface area (Å²) < 4.78 is 0. The van der Waals surface area contributed by atoms with E-state index in [4.69, 9.17) is 11.0 Å². The maximum absolute atomic E-state index is 12.9. The number of rotatable bonds is 5. The molecule has 3 N–H and O–H groups in total. The minimum atomic E-state index is -0.891. The first-order valence-electron chi connectivity index (χ1n) is 7.86. The molecule has 0 aliphatic rings. The van der Waals surface area contributed by atoms with Crippen molar-refractivity contribution in [1.29, 1.82) is 5.26 Å². The molecule has 6 heteroatoms. The van der Waals surface area contributed by atoms with Gasteiger partial charge in [0.15, 0.2) is 0 Å². The van der Waals surface area contributed by atoms with E-state index in [1.807, 2.05) is 54.6 Å². The van der Waals surface area contributed by atoms with Crippen LogP contribution in [0.3, 0.4) is 0 Å². The summed E-state index contributed by atoms with van der Waals surface area (Å²) in [4.78, 5) is 29.1. The second kappa shape index (κ2) is 6.97. The molecule has 0 saturated heterocycles. The number of hydrogen-bond donors (Lipinski definition) is 2. The fourth-order valence-corrected chi connectivity index (χ4v) is 2.81. The molecule has 0 saturated carbocycles. The van der Waals surface area contributed by atoms with Gasteiger partial charge in [-0.1, -0.05) is 36.4 Å². The number of nitrogens with zero attached hydrogens (tertiary/aromatic N) is 2. The largest absolute Gasteiger partial charge is 0.368 e. The Kier molecular flexibility index (Phi) is 4.57. The van der Waals surface area contributed by atoms with Crippen LogP contribution in [0.2, 0.25) is 0 Å². The number of primary amides is 1. The van der Waals surface area contributed by atoms with Crippen molar-refractivity contribution >= 4 is 33.6 Å². The van der Waals surface area contributed by atoms with Crippen LogP contribution in [0.25, 0.3) is 21.8 Å². The Balaban J connectivity index is 2.10. The molecular formula is C19H16N4O2. The van der Waals surface area contributed by atoms with Gasteiger partial charge in [0.1, 0.15) is 6.04 Å². The van der Waals surface area contributed by atoms with Crippen molar-refractivity contribution in [2.45, 2.75) is 18.9 Å². The predicted octanol–water partition coefficient (Wildman–Crippen LogP) is 2.28. The number of aromatic nitrogens is 1. The Morgan fingerprint density at radius 2 is 1.64 bits per heavy atom. The van der Waals surface area contributed by atoms with Crippen LogP contribution in [-0.2, 0) is 4.79 Å². The highest BCUT2D eigenvalue weighted by Crippen LogP contribution is 2.26. The molecule has 2 amide bonds. The van der Waals surface area contributed by atoms with E-state index in [0.717, 1.165) is 0 Å². The molecule has 0 aliphatic carbocycles. The third kappa shape index (κ3) is 3.26. The van der Waals surface area contributed by atoms with E-state index in [1.165, 1.54) is 0 Å². The molecule has 1 aromatic heterocycles. The molecule has 124 valence electrons. The van der Waals surface area contributed by atoms with Gasteiger partial charge in [0.25, 0.3) is 5.91 Å². The van der Waals surface area contributed by atoms with E-state index in [-0.39, 0.29) is 12.8 Å². The normalized spacial score (nSPS) is 11.8. The standard InChI is InChI=1S/C19H16N4O2/c20-11-5-10-16(18(21)24)23-19(25)17-12-6-1-3-8-14(12)22-15-9-4-2-7-13(15)17/h1-4,6-9,16H,5,10H2,(H2,21,24)(H,23,25)/t16-/m1/s1. The lowest BCUT2D eigenvalue weighted by molar-refractivity contribution is -0.119. The van der Waals surface area contributed by atoms with Crippen LogP contribution in [0, 0.1) is 11.3 Å². The Bertz CT molecular complexity index is 953. The number of carbonyl (C=O) groups excluding carboxylic acids is 2. The zero-order valence-corrected chi connectivity index (χ0v) is 13.4. The zero-order valence-electron chi connectivity index (χ0n) is 13.4.